The van der Waals surface area contributed by atoms with Crippen LogP contribution < -0.4 is 5.32 Å². The van der Waals surface area contributed by atoms with Crippen LogP contribution in [0.15, 0.2) is 114 Å². The lowest BCUT2D eigenvalue weighted by Crippen LogP contribution is -2.47. The number of nitrogens with zero attached hydrogens (tertiary/aromatic N) is 6. The van der Waals surface area contributed by atoms with Gasteiger partial charge in [-0.3, -0.25) is 24.4 Å². The molecule has 5 aromatic rings. The van der Waals surface area contributed by atoms with Gasteiger partial charge in [0.15, 0.2) is 0 Å². The van der Waals surface area contributed by atoms with E-state index in [4.69, 9.17) is 0 Å². The largest absolute Gasteiger partial charge is 0.381 e. The van der Waals surface area contributed by atoms with Crippen molar-refractivity contribution in [2.24, 2.45) is 4.99 Å². The van der Waals surface area contributed by atoms with Gasteiger partial charge in [0.1, 0.15) is 29.5 Å². The lowest BCUT2D eigenvalue weighted by atomic mass is 9.99. The smallest absolute Gasteiger partial charge is 0.245 e. The number of carbonyl (C=O) groups excluding carboxylic acids is 2. The Morgan fingerprint density at radius 1 is 0.794 bits per heavy atom. The highest BCUT2D eigenvalue weighted by Gasteiger charge is 2.39. The SMILES string of the molecule is C=N/C=C(\NC[C@@H]1CCCN1C(=O)[C@@H](c1ccccc1)N(CC)CC)c1ccc(-c2cc(F)c(-c3cnc([C@@H]4CCCN4C(=O)[C@@H](c4ccccc4)N(CC)CC)[nH]3)cc2F)cc1. The summed E-state index contributed by atoms with van der Waals surface area (Å²) in [6.07, 6.45) is 6.47. The van der Waals surface area contributed by atoms with Crippen LogP contribution in [0.4, 0.5) is 8.78 Å². The molecule has 0 saturated carbocycles. The fourth-order valence-corrected chi connectivity index (χ4v) is 9.42. The molecule has 7 rings (SSSR count). The van der Waals surface area contributed by atoms with Crippen LogP contribution in [0.1, 0.15) is 94.0 Å². The van der Waals surface area contributed by atoms with Crippen LogP contribution in [0.2, 0.25) is 0 Å². The van der Waals surface area contributed by atoms with Gasteiger partial charge in [0, 0.05) is 43.0 Å². The highest BCUT2D eigenvalue weighted by Crippen LogP contribution is 2.37. The number of carbonyl (C=O) groups is 2. The Morgan fingerprint density at radius 3 is 1.92 bits per heavy atom. The number of aliphatic imine (C=N–C) groups is 1. The average molecular weight is 855 g/mol. The summed E-state index contributed by atoms with van der Waals surface area (Å²) in [6, 6.07) is 28.3. The maximum atomic E-state index is 16.0. The molecule has 3 heterocycles. The van der Waals surface area contributed by atoms with Crippen molar-refractivity contribution < 1.29 is 18.4 Å². The Bertz CT molecular complexity index is 2340. The van der Waals surface area contributed by atoms with Crippen LogP contribution >= 0.6 is 0 Å². The van der Waals surface area contributed by atoms with Crippen LogP contribution in [0.5, 0.6) is 0 Å². The summed E-state index contributed by atoms with van der Waals surface area (Å²) < 4.78 is 31.9. The molecule has 4 atom stereocenters. The summed E-state index contributed by atoms with van der Waals surface area (Å²) >= 11 is 0. The van der Waals surface area contributed by atoms with E-state index in [2.05, 4.69) is 64.5 Å². The summed E-state index contributed by atoms with van der Waals surface area (Å²) in [5, 5.41) is 3.51. The lowest BCUT2D eigenvalue weighted by molar-refractivity contribution is -0.139. The first-order valence-corrected chi connectivity index (χ1v) is 22.4. The fourth-order valence-electron chi connectivity index (χ4n) is 9.42. The van der Waals surface area contributed by atoms with Crippen molar-refractivity contribution in [2.75, 3.05) is 45.8 Å². The molecule has 2 fully saturated rings. The van der Waals surface area contributed by atoms with Gasteiger partial charge in [0.2, 0.25) is 11.8 Å². The maximum Gasteiger partial charge on any atom is 0.245 e. The van der Waals surface area contributed by atoms with Gasteiger partial charge in [-0.2, -0.15) is 0 Å². The van der Waals surface area contributed by atoms with E-state index in [9.17, 15) is 9.59 Å². The molecule has 0 bridgehead atoms. The average Bonchev–Trinajstić information content (AvgIpc) is 4.12. The standard InChI is InChI=1S/C51H60F2N8O2/c1-6-58(7-2)47(37-18-12-10-13-19-37)50(62)60-28-16-22-39(60)32-55-44(33-54-5)36-26-24-35(25-27-36)40-30-43(53)41(31-42(40)52)45-34-56-49(57-45)46-23-17-29-61(46)51(63)48(59(8-3)9-4)38-20-14-11-15-21-38/h10-15,18-21,24-27,30-31,33-34,39,46-48,55H,5-9,16-17,22-23,28-29,32H2,1-4H3,(H,56,57)/b44-33-/t39-,46-,47+,48+/m0/s1. The van der Waals surface area contributed by atoms with E-state index in [1.807, 2.05) is 82.6 Å². The molecule has 12 heteroatoms. The Labute approximate surface area is 370 Å². The van der Waals surface area contributed by atoms with E-state index in [1.165, 1.54) is 18.3 Å². The predicted octanol–water partition coefficient (Wildman–Crippen LogP) is 9.43. The van der Waals surface area contributed by atoms with Gasteiger partial charge in [0.25, 0.3) is 0 Å². The van der Waals surface area contributed by atoms with Crippen molar-refractivity contribution >= 4 is 24.2 Å². The zero-order valence-corrected chi connectivity index (χ0v) is 36.9. The number of benzene rings is 4. The number of hydrogen-bond donors (Lipinski definition) is 2. The molecule has 0 aliphatic carbocycles. The van der Waals surface area contributed by atoms with Crippen molar-refractivity contribution in [2.45, 2.75) is 77.5 Å². The summed E-state index contributed by atoms with van der Waals surface area (Å²) in [7, 11) is 0. The number of likely N-dealkylation sites (tertiary alicyclic amines) is 2. The van der Waals surface area contributed by atoms with Crippen molar-refractivity contribution in [1.82, 2.24) is 34.9 Å². The summed E-state index contributed by atoms with van der Waals surface area (Å²) in [5.74, 6) is -0.511. The second-order valence-electron chi connectivity index (χ2n) is 16.3. The molecule has 2 aliphatic heterocycles. The third kappa shape index (κ3) is 9.82. The number of likely N-dealkylation sites (N-methyl/N-ethyl adjacent to an activating group) is 2. The predicted molar refractivity (Wildman–Crippen MR) is 248 cm³/mol. The number of hydrogen-bond acceptors (Lipinski definition) is 7. The number of nitrogens with one attached hydrogen (secondary N) is 2. The molecule has 10 nitrogen and oxygen atoms in total. The molecule has 0 radical (unpaired) electrons. The van der Waals surface area contributed by atoms with Gasteiger partial charge in [-0.05, 0) is 93.0 Å². The Morgan fingerprint density at radius 2 is 1.33 bits per heavy atom. The number of aromatic nitrogens is 2. The molecule has 2 amide bonds. The molecule has 4 aromatic carbocycles. The lowest BCUT2D eigenvalue weighted by Gasteiger charge is -2.35. The molecule has 1 aromatic heterocycles. The van der Waals surface area contributed by atoms with Crippen LogP contribution in [0.25, 0.3) is 28.1 Å². The van der Waals surface area contributed by atoms with Crippen molar-refractivity contribution in [1.29, 1.82) is 0 Å². The Hall–Kier alpha value is -5.98. The molecule has 0 unspecified atom stereocenters. The Balaban J connectivity index is 1.04. The fraction of sp³-hybridized carbons (Fsp3) is 0.373. The van der Waals surface area contributed by atoms with Gasteiger partial charge < -0.3 is 20.1 Å². The minimum absolute atomic E-state index is 0.00710. The summed E-state index contributed by atoms with van der Waals surface area (Å²) in [4.78, 5) is 48.6. The van der Waals surface area contributed by atoms with Gasteiger partial charge in [0.05, 0.1) is 23.6 Å². The summed E-state index contributed by atoms with van der Waals surface area (Å²) in [6.45, 7) is 16.7. The minimum Gasteiger partial charge on any atom is -0.381 e. The number of halogens is 2. The number of imidazole rings is 1. The van der Waals surface area contributed by atoms with E-state index in [0.717, 1.165) is 62.1 Å². The molecule has 2 aliphatic rings. The zero-order valence-electron chi connectivity index (χ0n) is 36.9. The van der Waals surface area contributed by atoms with Crippen LogP contribution in [0, 0.1) is 11.6 Å². The van der Waals surface area contributed by atoms with Crippen molar-refractivity contribution in [3.63, 3.8) is 0 Å². The third-order valence-corrected chi connectivity index (χ3v) is 12.8. The third-order valence-electron chi connectivity index (χ3n) is 12.8. The molecule has 2 N–H and O–H groups in total. The molecule has 330 valence electrons. The first-order chi connectivity index (χ1) is 30.7. The molecule has 2 saturated heterocycles. The topological polar surface area (TPSA) is 100 Å². The quantitative estimate of drug-likeness (QED) is 0.0853. The monoisotopic (exact) mass is 854 g/mol. The second kappa shape index (κ2) is 20.9. The number of aromatic amines is 1. The highest BCUT2D eigenvalue weighted by atomic mass is 19.1. The number of H-pyrrole nitrogens is 1. The molecular weight excluding hydrogens is 795 g/mol. The van der Waals surface area contributed by atoms with E-state index in [-0.39, 0.29) is 41.1 Å². The minimum atomic E-state index is -0.597. The van der Waals surface area contributed by atoms with Gasteiger partial charge in [-0.15, -0.1) is 0 Å². The van der Waals surface area contributed by atoms with Crippen molar-refractivity contribution in [3.8, 4) is 22.4 Å². The summed E-state index contributed by atoms with van der Waals surface area (Å²) in [5.41, 5.74) is 4.47. The maximum absolute atomic E-state index is 16.0. The van der Waals surface area contributed by atoms with Gasteiger partial charge in [-0.25, -0.2) is 13.8 Å². The van der Waals surface area contributed by atoms with Gasteiger partial charge in [-0.1, -0.05) is 113 Å². The number of rotatable bonds is 18. The first kappa shape index (κ1) is 45.1. The van der Waals surface area contributed by atoms with Crippen LogP contribution in [0.3, 0.4) is 0 Å². The van der Waals surface area contributed by atoms with E-state index in [0.29, 0.717) is 48.8 Å². The molecule has 0 spiro atoms. The normalized spacial score (nSPS) is 17.7. The van der Waals surface area contributed by atoms with E-state index < -0.39 is 17.7 Å². The van der Waals surface area contributed by atoms with Gasteiger partial charge >= 0.3 is 0 Å². The van der Waals surface area contributed by atoms with Crippen LogP contribution in [-0.2, 0) is 9.59 Å². The van der Waals surface area contributed by atoms with E-state index in [1.54, 1.807) is 18.3 Å². The molecule has 63 heavy (non-hydrogen) atoms. The van der Waals surface area contributed by atoms with E-state index >= 15 is 8.78 Å². The molecular formula is C51H60F2N8O2. The second-order valence-corrected chi connectivity index (χ2v) is 16.3. The zero-order chi connectivity index (χ0) is 44.5. The number of amides is 2. The Kier molecular flexibility index (Phi) is 15.0. The van der Waals surface area contributed by atoms with Crippen molar-refractivity contribution in [3.05, 3.63) is 144 Å². The highest BCUT2D eigenvalue weighted by molar-refractivity contribution is 5.85. The first-order valence-electron chi connectivity index (χ1n) is 22.4. The van der Waals surface area contributed by atoms with Crippen LogP contribution in [-0.4, -0.2) is 100.0 Å².